The molecule has 0 saturated carbocycles. The zero-order valence-electron chi connectivity index (χ0n) is 11.9. The quantitative estimate of drug-likeness (QED) is 0.548. The van der Waals surface area contributed by atoms with Crippen molar-refractivity contribution in [3.05, 3.63) is 35.9 Å². The molecule has 1 aliphatic heterocycles. The highest BCUT2D eigenvalue weighted by Crippen LogP contribution is 2.18. The molecule has 1 aromatic rings. The summed E-state index contributed by atoms with van der Waals surface area (Å²) in [5.74, 6) is 0.804. The Hall–Kier alpha value is -0.530. The summed E-state index contributed by atoms with van der Waals surface area (Å²) in [6.07, 6.45) is 9.18. The smallest absolute Gasteiger partial charge is 0.0379 e. The van der Waals surface area contributed by atoms with Crippen LogP contribution in [-0.4, -0.2) is 29.9 Å². The lowest BCUT2D eigenvalue weighted by atomic mass is 10.1. The average Bonchev–Trinajstić information content (AvgIpc) is 2.69. The van der Waals surface area contributed by atoms with Gasteiger partial charge in [0.15, 0.2) is 0 Å². The molecule has 1 saturated heterocycles. The monoisotopic (exact) mass is 279 g/mol. The summed E-state index contributed by atoms with van der Waals surface area (Å²) >= 11 is 6.11. The van der Waals surface area contributed by atoms with Crippen molar-refractivity contribution >= 4 is 11.6 Å². The Kier molecular flexibility index (Phi) is 6.73. The maximum Gasteiger partial charge on any atom is 0.0379 e. The van der Waals surface area contributed by atoms with E-state index in [0.29, 0.717) is 6.04 Å². The molecule has 1 heterocycles. The lowest BCUT2D eigenvalue weighted by molar-refractivity contribution is 0.212. The Bertz CT molecular complexity index is 338. The van der Waals surface area contributed by atoms with Gasteiger partial charge in [-0.25, -0.2) is 0 Å². The topological polar surface area (TPSA) is 3.24 Å². The van der Waals surface area contributed by atoms with Gasteiger partial charge in [-0.1, -0.05) is 43.2 Å². The van der Waals surface area contributed by atoms with Crippen LogP contribution in [0, 0.1) is 0 Å². The molecule has 1 fully saturated rings. The van der Waals surface area contributed by atoms with Gasteiger partial charge in [0.25, 0.3) is 0 Å². The van der Waals surface area contributed by atoms with Crippen molar-refractivity contribution in [2.45, 2.75) is 51.0 Å². The molecule has 1 aromatic carbocycles. The number of aryl methyl sites for hydroxylation is 1. The molecule has 2 heteroatoms. The summed E-state index contributed by atoms with van der Waals surface area (Å²) in [5.41, 5.74) is 1.47. The number of hydrogen-bond donors (Lipinski definition) is 0. The maximum atomic E-state index is 6.11. The molecule has 1 atom stereocenters. The molecule has 1 nitrogen and oxygen atoms in total. The van der Waals surface area contributed by atoms with E-state index in [1.54, 1.807) is 0 Å². The number of hydrogen-bond acceptors (Lipinski definition) is 1. The molecule has 1 unspecified atom stereocenters. The minimum atomic E-state index is 0.626. The van der Waals surface area contributed by atoms with Crippen molar-refractivity contribution in [2.75, 3.05) is 19.0 Å². The number of unbranched alkanes of at least 4 members (excludes halogenated alkanes) is 1. The standard InChI is InChI=1S/C17H26ClN/c18-15-17-12-5-2-7-13-19(17)14-8-6-11-16-9-3-1-4-10-16/h1,3-4,9-10,17H,2,5-8,11-15H2. The van der Waals surface area contributed by atoms with Crippen LogP contribution in [0.3, 0.4) is 0 Å². The largest absolute Gasteiger partial charge is 0.299 e. The number of likely N-dealkylation sites (tertiary alicyclic amines) is 1. The number of benzene rings is 1. The van der Waals surface area contributed by atoms with Gasteiger partial charge in [0.2, 0.25) is 0 Å². The Balaban J connectivity index is 1.69. The van der Waals surface area contributed by atoms with E-state index in [1.807, 2.05) is 0 Å². The zero-order chi connectivity index (χ0) is 13.3. The highest BCUT2D eigenvalue weighted by Gasteiger charge is 2.19. The predicted molar refractivity (Wildman–Crippen MR) is 83.9 cm³/mol. The Labute approximate surface area is 123 Å². The van der Waals surface area contributed by atoms with E-state index in [1.165, 1.54) is 63.6 Å². The molecule has 2 rings (SSSR count). The normalized spacial score (nSPS) is 21.2. The van der Waals surface area contributed by atoms with Gasteiger partial charge >= 0.3 is 0 Å². The van der Waals surface area contributed by atoms with Crippen molar-refractivity contribution in [3.8, 4) is 0 Å². The molecule has 19 heavy (non-hydrogen) atoms. The van der Waals surface area contributed by atoms with E-state index in [9.17, 15) is 0 Å². The molecular formula is C17H26ClN. The van der Waals surface area contributed by atoms with E-state index < -0.39 is 0 Å². The molecule has 0 N–H and O–H groups in total. The van der Waals surface area contributed by atoms with Crippen molar-refractivity contribution in [3.63, 3.8) is 0 Å². The summed E-state index contributed by atoms with van der Waals surface area (Å²) in [7, 11) is 0. The summed E-state index contributed by atoms with van der Waals surface area (Å²) in [5, 5.41) is 0. The van der Waals surface area contributed by atoms with Crippen LogP contribution >= 0.6 is 11.6 Å². The molecule has 0 aromatic heterocycles. The Morgan fingerprint density at radius 2 is 1.89 bits per heavy atom. The van der Waals surface area contributed by atoms with Gasteiger partial charge in [-0.15, -0.1) is 11.6 Å². The van der Waals surface area contributed by atoms with E-state index in [2.05, 4.69) is 35.2 Å². The van der Waals surface area contributed by atoms with Gasteiger partial charge < -0.3 is 0 Å². The maximum absolute atomic E-state index is 6.11. The summed E-state index contributed by atoms with van der Waals surface area (Å²) in [6.45, 7) is 2.48. The zero-order valence-corrected chi connectivity index (χ0v) is 12.6. The highest BCUT2D eigenvalue weighted by atomic mass is 35.5. The number of rotatable bonds is 6. The Morgan fingerprint density at radius 3 is 2.68 bits per heavy atom. The van der Waals surface area contributed by atoms with Gasteiger partial charge in [-0.3, -0.25) is 4.90 Å². The van der Waals surface area contributed by atoms with Crippen molar-refractivity contribution < 1.29 is 0 Å². The van der Waals surface area contributed by atoms with E-state index >= 15 is 0 Å². The van der Waals surface area contributed by atoms with Gasteiger partial charge in [0.1, 0.15) is 0 Å². The predicted octanol–water partition coefficient (Wildman–Crippen LogP) is 4.49. The van der Waals surface area contributed by atoms with Crippen molar-refractivity contribution in [2.24, 2.45) is 0 Å². The minimum absolute atomic E-state index is 0.626. The highest BCUT2D eigenvalue weighted by molar-refractivity contribution is 6.18. The van der Waals surface area contributed by atoms with Gasteiger partial charge in [0.05, 0.1) is 0 Å². The molecular weight excluding hydrogens is 254 g/mol. The molecule has 0 spiro atoms. The first-order chi connectivity index (χ1) is 9.40. The van der Waals surface area contributed by atoms with E-state index in [-0.39, 0.29) is 0 Å². The van der Waals surface area contributed by atoms with Crippen LogP contribution in [0.2, 0.25) is 0 Å². The first-order valence-corrected chi connectivity index (χ1v) is 8.27. The van der Waals surface area contributed by atoms with Crippen LogP contribution in [0.1, 0.15) is 44.1 Å². The fourth-order valence-electron chi connectivity index (χ4n) is 2.99. The van der Waals surface area contributed by atoms with Crippen LogP contribution in [0.25, 0.3) is 0 Å². The molecule has 0 aliphatic carbocycles. The first kappa shape index (κ1) is 14.9. The number of nitrogens with zero attached hydrogens (tertiary/aromatic N) is 1. The first-order valence-electron chi connectivity index (χ1n) is 7.74. The third-order valence-electron chi connectivity index (χ3n) is 4.18. The van der Waals surface area contributed by atoms with Crippen LogP contribution < -0.4 is 0 Å². The fraction of sp³-hybridized carbons (Fsp3) is 0.647. The Morgan fingerprint density at radius 1 is 1.05 bits per heavy atom. The van der Waals surface area contributed by atoms with E-state index in [0.717, 1.165) is 5.88 Å². The number of halogens is 1. The lowest BCUT2D eigenvalue weighted by Gasteiger charge is -2.28. The molecule has 0 amide bonds. The molecule has 0 radical (unpaired) electrons. The third-order valence-corrected chi connectivity index (χ3v) is 4.54. The SMILES string of the molecule is ClCC1CCCCCN1CCCCc1ccccc1. The fourth-order valence-corrected chi connectivity index (χ4v) is 3.34. The lowest BCUT2D eigenvalue weighted by Crippen LogP contribution is -2.36. The van der Waals surface area contributed by atoms with Gasteiger partial charge in [-0.05, 0) is 50.8 Å². The average molecular weight is 280 g/mol. The van der Waals surface area contributed by atoms with Gasteiger partial charge in [-0.2, -0.15) is 0 Å². The molecule has 106 valence electrons. The van der Waals surface area contributed by atoms with E-state index in [4.69, 9.17) is 11.6 Å². The summed E-state index contributed by atoms with van der Waals surface area (Å²) < 4.78 is 0. The van der Waals surface area contributed by atoms with Crippen LogP contribution in [0.4, 0.5) is 0 Å². The summed E-state index contributed by atoms with van der Waals surface area (Å²) in [4.78, 5) is 2.63. The van der Waals surface area contributed by atoms with Crippen molar-refractivity contribution in [1.82, 2.24) is 4.90 Å². The van der Waals surface area contributed by atoms with Crippen LogP contribution in [0.15, 0.2) is 30.3 Å². The molecule has 1 aliphatic rings. The number of alkyl halides is 1. The second kappa shape index (κ2) is 8.60. The third kappa shape index (κ3) is 5.16. The second-order valence-electron chi connectivity index (χ2n) is 5.64. The minimum Gasteiger partial charge on any atom is -0.299 e. The van der Waals surface area contributed by atoms with Crippen LogP contribution in [0.5, 0.6) is 0 Å². The summed E-state index contributed by atoms with van der Waals surface area (Å²) in [6, 6.07) is 11.4. The molecule has 0 bridgehead atoms. The van der Waals surface area contributed by atoms with Crippen LogP contribution in [-0.2, 0) is 6.42 Å². The second-order valence-corrected chi connectivity index (χ2v) is 5.94. The van der Waals surface area contributed by atoms with Gasteiger partial charge in [0, 0.05) is 11.9 Å². The van der Waals surface area contributed by atoms with Crippen molar-refractivity contribution in [1.29, 1.82) is 0 Å².